The van der Waals surface area contributed by atoms with Gasteiger partial charge in [-0.1, -0.05) is 18.2 Å². The van der Waals surface area contributed by atoms with Crippen LogP contribution in [0.2, 0.25) is 0 Å². The molecule has 1 nitrogen and oxygen atoms in total. The van der Waals surface area contributed by atoms with Gasteiger partial charge in [0.1, 0.15) is 0 Å². The van der Waals surface area contributed by atoms with E-state index in [1.807, 2.05) is 6.08 Å². The van der Waals surface area contributed by atoms with Crippen LogP contribution in [0.4, 0.5) is 4.39 Å². The highest BCUT2D eigenvalue weighted by Gasteiger charge is 2.00. The van der Waals surface area contributed by atoms with Crippen molar-refractivity contribution in [1.29, 1.82) is 0 Å². The molecule has 2 heteroatoms. The van der Waals surface area contributed by atoms with Crippen LogP contribution < -0.4 is 4.74 Å². The molecule has 1 aromatic carbocycles. The summed E-state index contributed by atoms with van der Waals surface area (Å²) in [6.07, 6.45) is 6.10. The second-order valence-electron chi connectivity index (χ2n) is 3.33. The molecule has 1 radical (unpaired) electrons. The zero-order valence-corrected chi connectivity index (χ0v) is 8.84. The van der Waals surface area contributed by atoms with Gasteiger partial charge in [-0.05, 0) is 31.7 Å². The maximum Gasteiger partial charge on any atom is 0.172 e. The van der Waals surface area contributed by atoms with E-state index in [2.05, 4.69) is 12.6 Å². The number of hydrogen-bond donors (Lipinski definition) is 0. The summed E-state index contributed by atoms with van der Waals surface area (Å²) in [5.74, 6) is -0.121. The van der Waals surface area contributed by atoms with E-state index in [-0.39, 0.29) is 0 Å². The highest BCUT2D eigenvalue weighted by atomic mass is 19.1. The van der Waals surface area contributed by atoms with Gasteiger partial charge in [0.2, 0.25) is 0 Å². The van der Waals surface area contributed by atoms with Crippen molar-refractivity contribution in [2.45, 2.75) is 25.7 Å². The van der Waals surface area contributed by atoms with Crippen LogP contribution >= 0.6 is 0 Å². The fraction of sp³-hybridized carbons (Fsp3) is 0.385. The normalized spacial score (nSPS) is 9.93. The third-order valence-electron chi connectivity index (χ3n) is 2.08. The van der Waals surface area contributed by atoms with Crippen LogP contribution in [0.5, 0.6) is 5.75 Å². The lowest BCUT2D eigenvalue weighted by molar-refractivity contribution is 0.290. The molecule has 0 aliphatic rings. The highest BCUT2D eigenvalue weighted by Crippen LogP contribution is 2.15. The van der Waals surface area contributed by atoms with E-state index >= 15 is 0 Å². The maximum absolute atomic E-state index is 13.0. The Kier molecular flexibility index (Phi) is 5.52. The summed E-state index contributed by atoms with van der Waals surface area (Å²) in [6, 6.07) is 7.33. The van der Waals surface area contributed by atoms with E-state index in [4.69, 9.17) is 4.74 Å². The number of benzene rings is 1. The predicted octanol–water partition coefficient (Wildman–Crippen LogP) is 3.75. The van der Waals surface area contributed by atoms with Crippen LogP contribution in [0, 0.1) is 11.9 Å². The standard InChI is InChI=1S/C13H16FO/c1-2-3-4-5-8-11-15-13-10-7-6-9-12(13)14/h2,6-7,10H,1,3-5,8,11H2. The molecule has 0 unspecified atom stereocenters. The van der Waals surface area contributed by atoms with Crippen LogP contribution in [0.1, 0.15) is 25.7 Å². The largest absolute Gasteiger partial charge is 0.490 e. The van der Waals surface area contributed by atoms with Crippen LogP contribution in [-0.2, 0) is 0 Å². The van der Waals surface area contributed by atoms with Crippen LogP contribution in [0.3, 0.4) is 0 Å². The van der Waals surface area contributed by atoms with Crippen molar-refractivity contribution in [3.8, 4) is 5.75 Å². The van der Waals surface area contributed by atoms with Crippen molar-refractivity contribution in [2.75, 3.05) is 6.61 Å². The molecule has 0 saturated carbocycles. The van der Waals surface area contributed by atoms with Gasteiger partial charge < -0.3 is 4.74 Å². The number of ether oxygens (including phenoxy) is 1. The van der Waals surface area contributed by atoms with Crippen LogP contribution in [0.25, 0.3) is 0 Å². The Morgan fingerprint density at radius 2 is 2.27 bits per heavy atom. The number of allylic oxidation sites excluding steroid dienone is 1. The maximum atomic E-state index is 13.0. The Balaban J connectivity index is 2.15. The Labute approximate surface area is 90.6 Å². The summed E-state index contributed by atoms with van der Waals surface area (Å²) < 4.78 is 18.3. The van der Waals surface area contributed by atoms with Gasteiger partial charge in [0.15, 0.2) is 11.6 Å². The molecule has 0 N–H and O–H groups in total. The molecule has 0 bridgehead atoms. The highest BCUT2D eigenvalue weighted by molar-refractivity contribution is 5.22. The van der Waals surface area contributed by atoms with Gasteiger partial charge in [-0.25, -0.2) is 4.39 Å². The second kappa shape index (κ2) is 7.04. The second-order valence-corrected chi connectivity index (χ2v) is 3.33. The van der Waals surface area contributed by atoms with E-state index in [1.165, 1.54) is 6.07 Å². The molecule has 81 valence electrons. The predicted molar refractivity (Wildman–Crippen MR) is 59.4 cm³/mol. The SMILES string of the molecule is C=CCCCCCOc1ccc[c]c1F. The van der Waals surface area contributed by atoms with Crippen molar-refractivity contribution in [3.63, 3.8) is 0 Å². The summed E-state index contributed by atoms with van der Waals surface area (Å²) >= 11 is 0. The summed E-state index contributed by atoms with van der Waals surface area (Å²) in [5, 5.41) is 0. The summed E-state index contributed by atoms with van der Waals surface area (Å²) in [4.78, 5) is 0. The number of unbranched alkanes of at least 4 members (excludes halogenated alkanes) is 3. The summed E-state index contributed by atoms with van der Waals surface area (Å²) in [6.45, 7) is 4.21. The number of halogens is 1. The van der Waals surface area contributed by atoms with Gasteiger partial charge in [-0.15, -0.1) is 6.58 Å². The lowest BCUT2D eigenvalue weighted by atomic mass is 10.2. The van der Waals surface area contributed by atoms with Crippen molar-refractivity contribution in [1.82, 2.24) is 0 Å². The Hall–Kier alpha value is -1.31. The zero-order chi connectivity index (χ0) is 10.9. The van der Waals surface area contributed by atoms with Gasteiger partial charge in [0.25, 0.3) is 0 Å². The van der Waals surface area contributed by atoms with Gasteiger partial charge in [0.05, 0.1) is 6.61 Å². The first-order valence-electron chi connectivity index (χ1n) is 5.24. The van der Waals surface area contributed by atoms with Gasteiger partial charge >= 0.3 is 0 Å². The topological polar surface area (TPSA) is 9.23 Å². The molecule has 0 aromatic heterocycles. The monoisotopic (exact) mass is 207 g/mol. The molecule has 0 spiro atoms. The summed E-state index contributed by atoms with van der Waals surface area (Å²) in [7, 11) is 0. The lowest BCUT2D eigenvalue weighted by Gasteiger charge is -2.05. The molecule has 0 atom stereocenters. The molecule has 15 heavy (non-hydrogen) atoms. The van der Waals surface area contributed by atoms with Crippen molar-refractivity contribution < 1.29 is 9.13 Å². The van der Waals surface area contributed by atoms with Crippen molar-refractivity contribution in [3.05, 3.63) is 42.7 Å². The third kappa shape index (κ3) is 4.63. The Bertz CT molecular complexity index is 296. The quantitative estimate of drug-likeness (QED) is 0.488. The van der Waals surface area contributed by atoms with E-state index in [0.717, 1.165) is 25.7 Å². The van der Waals surface area contributed by atoms with Gasteiger partial charge in [-0.2, -0.15) is 0 Å². The average Bonchev–Trinajstić information content (AvgIpc) is 2.25. The molecular formula is C13H16FO. The first kappa shape index (κ1) is 11.8. The minimum absolute atomic E-state index is 0.293. The first-order valence-corrected chi connectivity index (χ1v) is 5.24. The molecule has 0 aliphatic carbocycles. The first-order chi connectivity index (χ1) is 7.34. The van der Waals surface area contributed by atoms with Gasteiger partial charge in [0, 0.05) is 6.07 Å². The lowest BCUT2D eigenvalue weighted by Crippen LogP contribution is -1.98. The smallest absolute Gasteiger partial charge is 0.172 e. The van der Waals surface area contributed by atoms with Crippen LogP contribution in [-0.4, -0.2) is 6.61 Å². The number of rotatable bonds is 7. The molecular weight excluding hydrogens is 191 g/mol. The molecule has 1 aromatic rings. The van der Waals surface area contributed by atoms with Crippen molar-refractivity contribution in [2.24, 2.45) is 0 Å². The van der Waals surface area contributed by atoms with E-state index in [1.54, 1.807) is 12.1 Å². The Morgan fingerprint density at radius 3 is 3.00 bits per heavy atom. The average molecular weight is 207 g/mol. The fourth-order valence-electron chi connectivity index (χ4n) is 1.26. The van der Waals surface area contributed by atoms with E-state index in [0.29, 0.717) is 12.4 Å². The summed E-state index contributed by atoms with van der Waals surface area (Å²) in [5.41, 5.74) is 0. The molecule has 1 rings (SSSR count). The van der Waals surface area contributed by atoms with Crippen molar-refractivity contribution >= 4 is 0 Å². The van der Waals surface area contributed by atoms with Crippen LogP contribution in [0.15, 0.2) is 30.9 Å². The molecule has 0 saturated heterocycles. The molecule has 0 heterocycles. The fourth-order valence-corrected chi connectivity index (χ4v) is 1.26. The molecule has 0 fully saturated rings. The minimum Gasteiger partial charge on any atom is -0.490 e. The zero-order valence-electron chi connectivity index (χ0n) is 8.84. The third-order valence-corrected chi connectivity index (χ3v) is 2.08. The molecule has 0 aliphatic heterocycles. The number of hydrogen-bond acceptors (Lipinski definition) is 1. The van der Waals surface area contributed by atoms with E-state index < -0.39 is 5.82 Å². The molecule has 0 amide bonds. The van der Waals surface area contributed by atoms with E-state index in [9.17, 15) is 4.39 Å². The van der Waals surface area contributed by atoms with Gasteiger partial charge in [-0.3, -0.25) is 0 Å². The minimum atomic E-state index is -0.413. The Morgan fingerprint density at radius 1 is 1.40 bits per heavy atom.